The van der Waals surface area contributed by atoms with Crippen LogP contribution in [0.5, 0.6) is 5.75 Å². The van der Waals surface area contributed by atoms with E-state index >= 15 is 0 Å². The van der Waals surface area contributed by atoms with Crippen LogP contribution in [0.25, 0.3) is 0 Å². The van der Waals surface area contributed by atoms with Crippen LogP contribution < -0.4 is 5.32 Å². The molecule has 0 heterocycles. The molecule has 0 aliphatic rings. The van der Waals surface area contributed by atoms with Gasteiger partial charge >= 0.3 is 0 Å². The number of hydrogen-bond acceptors (Lipinski definition) is 4. The fraction of sp³-hybridized carbons (Fsp3) is 0.0952. The third-order valence-corrected chi connectivity index (χ3v) is 5.28. The lowest BCUT2D eigenvalue weighted by Crippen LogP contribution is -2.03. The van der Waals surface area contributed by atoms with E-state index in [4.69, 9.17) is 11.6 Å². The highest BCUT2D eigenvalue weighted by Crippen LogP contribution is 2.33. The molecule has 5 heteroatoms. The van der Waals surface area contributed by atoms with Crippen LogP contribution in [0.1, 0.15) is 22.8 Å². The molecule has 0 radical (unpaired) electrons. The summed E-state index contributed by atoms with van der Waals surface area (Å²) in [6, 6.07) is 21.6. The maximum atomic E-state index is 11.7. The summed E-state index contributed by atoms with van der Waals surface area (Å²) in [7, 11) is 0. The molecule has 0 unspecified atom stereocenters. The van der Waals surface area contributed by atoms with Crippen LogP contribution in [0.3, 0.4) is 0 Å². The van der Waals surface area contributed by atoms with Gasteiger partial charge in [-0.3, -0.25) is 4.79 Å². The normalized spacial score (nSPS) is 10.5. The standard InChI is InChI=1S/C21H18ClNO2S/c1-14(24)18-11-16(12-19(22)21(18)25)23-13-15-7-5-6-10-20(15)26-17-8-3-2-4-9-17/h2-12,23,25H,13H2,1H3. The minimum Gasteiger partial charge on any atom is -0.506 e. The third-order valence-electron chi connectivity index (χ3n) is 3.87. The Morgan fingerprint density at radius 1 is 1.08 bits per heavy atom. The zero-order valence-corrected chi connectivity index (χ0v) is 15.8. The number of ketones is 1. The average Bonchev–Trinajstić information content (AvgIpc) is 2.64. The van der Waals surface area contributed by atoms with E-state index in [1.165, 1.54) is 11.8 Å². The first-order valence-electron chi connectivity index (χ1n) is 8.12. The molecule has 3 rings (SSSR count). The number of hydrogen-bond donors (Lipinski definition) is 2. The Balaban J connectivity index is 1.79. The summed E-state index contributed by atoms with van der Waals surface area (Å²) in [4.78, 5) is 14.0. The minimum atomic E-state index is -0.229. The second-order valence-electron chi connectivity index (χ2n) is 5.79. The number of phenolic OH excluding ortho intramolecular Hbond substituents is 1. The highest BCUT2D eigenvalue weighted by molar-refractivity contribution is 7.99. The van der Waals surface area contributed by atoms with Gasteiger partial charge in [0.15, 0.2) is 5.78 Å². The molecule has 3 nitrogen and oxygen atoms in total. The predicted molar refractivity (Wildman–Crippen MR) is 107 cm³/mol. The molecule has 3 aromatic rings. The van der Waals surface area contributed by atoms with Crippen molar-refractivity contribution in [2.75, 3.05) is 5.32 Å². The summed E-state index contributed by atoms with van der Waals surface area (Å²) in [6.45, 7) is 1.98. The van der Waals surface area contributed by atoms with E-state index in [9.17, 15) is 9.90 Å². The molecule has 0 atom stereocenters. The van der Waals surface area contributed by atoms with Crippen LogP contribution in [0.15, 0.2) is 76.5 Å². The van der Waals surface area contributed by atoms with Gasteiger partial charge in [-0.2, -0.15) is 0 Å². The zero-order chi connectivity index (χ0) is 18.5. The molecule has 0 aliphatic carbocycles. The molecular formula is C21H18ClNO2S. The molecule has 26 heavy (non-hydrogen) atoms. The van der Waals surface area contributed by atoms with Gasteiger partial charge in [-0.15, -0.1) is 0 Å². The topological polar surface area (TPSA) is 49.3 Å². The Morgan fingerprint density at radius 2 is 1.77 bits per heavy atom. The first-order valence-corrected chi connectivity index (χ1v) is 9.32. The minimum absolute atomic E-state index is 0.159. The van der Waals surface area contributed by atoms with Crippen molar-refractivity contribution >= 4 is 34.8 Å². The number of aromatic hydroxyl groups is 1. The number of carbonyl (C=O) groups is 1. The van der Waals surface area contributed by atoms with E-state index in [-0.39, 0.29) is 22.1 Å². The fourth-order valence-electron chi connectivity index (χ4n) is 2.53. The predicted octanol–water partition coefficient (Wildman–Crippen LogP) is 6.01. The number of anilines is 1. The van der Waals surface area contributed by atoms with E-state index in [1.807, 2.05) is 30.3 Å². The van der Waals surface area contributed by atoms with Crippen molar-refractivity contribution in [1.29, 1.82) is 0 Å². The van der Waals surface area contributed by atoms with E-state index in [1.54, 1.807) is 23.9 Å². The number of phenols is 1. The molecule has 0 bridgehead atoms. The lowest BCUT2D eigenvalue weighted by molar-refractivity contribution is 0.101. The summed E-state index contributed by atoms with van der Waals surface area (Å²) in [6.07, 6.45) is 0. The monoisotopic (exact) mass is 383 g/mol. The Morgan fingerprint density at radius 3 is 2.50 bits per heavy atom. The highest BCUT2D eigenvalue weighted by Gasteiger charge is 2.12. The number of benzene rings is 3. The van der Waals surface area contributed by atoms with Crippen molar-refractivity contribution in [1.82, 2.24) is 0 Å². The number of rotatable bonds is 6. The summed E-state index contributed by atoms with van der Waals surface area (Å²) >= 11 is 7.74. The van der Waals surface area contributed by atoms with E-state index in [0.29, 0.717) is 12.2 Å². The molecule has 132 valence electrons. The molecule has 0 spiro atoms. The van der Waals surface area contributed by atoms with Crippen LogP contribution in [0, 0.1) is 0 Å². The fourth-order valence-corrected chi connectivity index (χ4v) is 3.72. The molecule has 0 amide bonds. The molecule has 3 aromatic carbocycles. The largest absolute Gasteiger partial charge is 0.506 e. The van der Waals surface area contributed by atoms with Gasteiger partial charge in [0.2, 0.25) is 0 Å². The number of Topliss-reactive ketones (excluding diaryl/α,β-unsaturated/α-hetero) is 1. The Bertz CT molecular complexity index is 929. The molecule has 0 saturated heterocycles. The van der Waals surface area contributed by atoms with Crippen molar-refractivity contribution in [2.24, 2.45) is 0 Å². The first kappa shape index (κ1) is 18.4. The van der Waals surface area contributed by atoms with Crippen LogP contribution >= 0.6 is 23.4 Å². The lowest BCUT2D eigenvalue weighted by atomic mass is 10.1. The third kappa shape index (κ3) is 4.40. The summed E-state index contributed by atoms with van der Waals surface area (Å²) < 4.78 is 0. The first-order chi connectivity index (χ1) is 12.5. The zero-order valence-electron chi connectivity index (χ0n) is 14.2. The van der Waals surface area contributed by atoms with Gasteiger partial charge in [-0.1, -0.05) is 59.8 Å². The van der Waals surface area contributed by atoms with Gasteiger partial charge in [0.1, 0.15) is 5.75 Å². The Kier molecular flexibility index (Phi) is 5.86. The lowest BCUT2D eigenvalue weighted by Gasteiger charge is -2.13. The summed E-state index contributed by atoms with van der Waals surface area (Å²) in [5.74, 6) is -0.405. The quantitative estimate of drug-likeness (QED) is 0.404. The van der Waals surface area contributed by atoms with E-state index < -0.39 is 0 Å². The van der Waals surface area contributed by atoms with Crippen LogP contribution in [-0.4, -0.2) is 10.9 Å². The average molecular weight is 384 g/mol. The number of nitrogens with one attached hydrogen (secondary N) is 1. The summed E-state index contributed by atoms with van der Waals surface area (Å²) in [5.41, 5.74) is 2.04. The molecule has 0 saturated carbocycles. The summed E-state index contributed by atoms with van der Waals surface area (Å²) in [5, 5.41) is 13.4. The maximum Gasteiger partial charge on any atom is 0.163 e. The van der Waals surface area contributed by atoms with Gasteiger partial charge in [0.05, 0.1) is 10.6 Å². The molecule has 2 N–H and O–H groups in total. The van der Waals surface area contributed by atoms with Gasteiger partial charge in [-0.25, -0.2) is 0 Å². The van der Waals surface area contributed by atoms with Gasteiger partial charge in [0.25, 0.3) is 0 Å². The molecule has 0 fully saturated rings. The number of carbonyl (C=O) groups excluding carboxylic acids is 1. The van der Waals surface area contributed by atoms with Gasteiger partial charge in [-0.05, 0) is 42.8 Å². The molecule has 0 aromatic heterocycles. The second-order valence-corrected chi connectivity index (χ2v) is 7.31. The van der Waals surface area contributed by atoms with Gasteiger partial charge < -0.3 is 10.4 Å². The van der Waals surface area contributed by atoms with Crippen molar-refractivity contribution < 1.29 is 9.90 Å². The van der Waals surface area contributed by atoms with E-state index in [0.717, 1.165) is 10.5 Å². The maximum absolute atomic E-state index is 11.7. The SMILES string of the molecule is CC(=O)c1cc(NCc2ccccc2Sc2ccccc2)cc(Cl)c1O. The van der Waals surface area contributed by atoms with E-state index in [2.05, 4.69) is 29.6 Å². The van der Waals surface area contributed by atoms with Crippen molar-refractivity contribution in [3.05, 3.63) is 82.9 Å². The van der Waals surface area contributed by atoms with Crippen LogP contribution in [0.4, 0.5) is 5.69 Å². The Hall–Kier alpha value is -2.43. The van der Waals surface area contributed by atoms with Crippen molar-refractivity contribution in [3.63, 3.8) is 0 Å². The number of halogens is 1. The van der Waals surface area contributed by atoms with Crippen molar-refractivity contribution in [2.45, 2.75) is 23.3 Å². The second kappa shape index (κ2) is 8.30. The van der Waals surface area contributed by atoms with Crippen LogP contribution in [0.2, 0.25) is 5.02 Å². The highest BCUT2D eigenvalue weighted by atomic mass is 35.5. The Labute approximate surface area is 162 Å². The smallest absolute Gasteiger partial charge is 0.163 e. The van der Waals surface area contributed by atoms with Gasteiger partial charge in [0, 0.05) is 22.0 Å². The van der Waals surface area contributed by atoms with Crippen molar-refractivity contribution in [3.8, 4) is 5.75 Å². The molecular weight excluding hydrogens is 366 g/mol. The van der Waals surface area contributed by atoms with Crippen LogP contribution in [-0.2, 0) is 6.54 Å². The molecule has 0 aliphatic heterocycles.